The molecule has 0 spiro atoms. The highest BCUT2D eigenvalue weighted by molar-refractivity contribution is 6.33. The molecule has 17 heavy (non-hydrogen) atoms. The van der Waals surface area contributed by atoms with Gasteiger partial charge in [0.2, 0.25) is 0 Å². The molecule has 0 saturated heterocycles. The normalized spacial score (nSPS) is 14.1. The van der Waals surface area contributed by atoms with Crippen molar-refractivity contribution >= 4 is 17.5 Å². The maximum Gasteiger partial charge on any atom is 0.253 e. The molecule has 94 valence electrons. The van der Waals surface area contributed by atoms with Crippen LogP contribution in [0.15, 0.2) is 18.5 Å². The van der Waals surface area contributed by atoms with Gasteiger partial charge in [0.1, 0.15) is 0 Å². The number of hydrogen-bond acceptors (Lipinski definition) is 3. The molecule has 0 aliphatic heterocycles. The van der Waals surface area contributed by atoms with E-state index in [0.29, 0.717) is 17.0 Å². The summed E-state index contributed by atoms with van der Waals surface area (Å²) in [6.07, 6.45) is 4.21. The standard InChI is InChI=1S/C12H17ClN2O2/c1-3-12(2,5-7-16)15-11(17)9-4-6-14-8-10(9)13/h4,6,8,16H,3,5,7H2,1-2H3,(H,15,17)/t12-/m1/s1. The first-order chi connectivity index (χ1) is 8.02. The molecule has 1 rings (SSSR count). The van der Waals surface area contributed by atoms with Crippen LogP contribution >= 0.6 is 11.6 Å². The zero-order chi connectivity index (χ0) is 12.9. The molecular weight excluding hydrogens is 240 g/mol. The Bertz CT molecular complexity index is 398. The molecule has 1 amide bonds. The van der Waals surface area contributed by atoms with Crippen LogP contribution < -0.4 is 5.32 Å². The number of aromatic nitrogens is 1. The number of amides is 1. The van der Waals surface area contributed by atoms with E-state index in [1.165, 1.54) is 12.4 Å². The van der Waals surface area contributed by atoms with Gasteiger partial charge in [-0.05, 0) is 25.8 Å². The fourth-order valence-electron chi connectivity index (χ4n) is 1.48. The van der Waals surface area contributed by atoms with Gasteiger partial charge >= 0.3 is 0 Å². The molecule has 0 saturated carbocycles. The van der Waals surface area contributed by atoms with E-state index in [1.807, 2.05) is 13.8 Å². The Morgan fingerprint density at radius 1 is 1.65 bits per heavy atom. The first-order valence-electron chi connectivity index (χ1n) is 5.55. The second kappa shape index (κ2) is 5.98. The Hall–Kier alpha value is -1.13. The molecule has 0 aliphatic carbocycles. The monoisotopic (exact) mass is 256 g/mol. The molecule has 1 aromatic heterocycles. The number of nitrogens with zero attached hydrogens (tertiary/aromatic N) is 1. The van der Waals surface area contributed by atoms with E-state index in [9.17, 15) is 4.79 Å². The van der Waals surface area contributed by atoms with Crippen molar-refractivity contribution < 1.29 is 9.90 Å². The van der Waals surface area contributed by atoms with Crippen molar-refractivity contribution in [3.8, 4) is 0 Å². The molecule has 0 fully saturated rings. The van der Waals surface area contributed by atoms with Crippen molar-refractivity contribution in [2.45, 2.75) is 32.2 Å². The molecule has 1 atom stereocenters. The van der Waals surface area contributed by atoms with Crippen LogP contribution in [0.25, 0.3) is 0 Å². The summed E-state index contributed by atoms with van der Waals surface area (Å²) >= 11 is 5.90. The van der Waals surface area contributed by atoms with Crippen LogP contribution in [0.4, 0.5) is 0 Å². The summed E-state index contributed by atoms with van der Waals surface area (Å²) in [6, 6.07) is 1.58. The Labute approximate surface area is 106 Å². The van der Waals surface area contributed by atoms with Crippen molar-refractivity contribution in [3.63, 3.8) is 0 Å². The third-order valence-electron chi connectivity index (χ3n) is 2.88. The Morgan fingerprint density at radius 3 is 2.88 bits per heavy atom. The predicted molar refractivity (Wildman–Crippen MR) is 67.1 cm³/mol. The van der Waals surface area contributed by atoms with Crippen LogP contribution in [-0.2, 0) is 0 Å². The van der Waals surface area contributed by atoms with Crippen LogP contribution in [0.5, 0.6) is 0 Å². The van der Waals surface area contributed by atoms with E-state index >= 15 is 0 Å². The van der Waals surface area contributed by atoms with Crippen LogP contribution in [0.2, 0.25) is 5.02 Å². The fraction of sp³-hybridized carbons (Fsp3) is 0.500. The van der Waals surface area contributed by atoms with Crippen molar-refractivity contribution in [1.29, 1.82) is 0 Å². The Balaban J connectivity index is 2.82. The lowest BCUT2D eigenvalue weighted by Crippen LogP contribution is -2.46. The van der Waals surface area contributed by atoms with Gasteiger partial charge < -0.3 is 10.4 Å². The maximum atomic E-state index is 12.0. The van der Waals surface area contributed by atoms with E-state index in [2.05, 4.69) is 10.3 Å². The minimum absolute atomic E-state index is 0.0364. The number of nitrogens with one attached hydrogen (secondary N) is 1. The average Bonchev–Trinajstić information content (AvgIpc) is 2.29. The van der Waals surface area contributed by atoms with Crippen LogP contribution in [0.1, 0.15) is 37.0 Å². The molecular formula is C12H17ClN2O2. The fourth-order valence-corrected chi connectivity index (χ4v) is 1.68. The summed E-state index contributed by atoms with van der Waals surface area (Å²) in [6.45, 7) is 3.90. The van der Waals surface area contributed by atoms with Crippen molar-refractivity contribution in [1.82, 2.24) is 10.3 Å². The first kappa shape index (κ1) is 13.9. The largest absolute Gasteiger partial charge is 0.396 e. The smallest absolute Gasteiger partial charge is 0.253 e. The number of carbonyl (C=O) groups excluding carboxylic acids is 1. The number of hydrogen-bond donors (Lipinski definition) is 2. The number of aliphatic hydroxyl groups is 1. The molecule has 0 bridgehead atoms. The van der Waals surface area contributed by atoms with Crippen molar-refractivity contribution in [2.24, 2.45) is 0 Å². The lowest BCUT2D eigenvalue weighted by molar-refractivity contribution is 0.0886. The number of halogens is 1. The van der Waals surface area contributed by atoms with Gasteiger partial charge in [-0.3, -0.25) is 9.78 Å². The maximum absolute atomic E-state index is 12.0. The van der Waals surface area contributed by atoms with Gasteiger partial charge in [0, 0.05) is 24.5 Å². The quantitative estimate of drug-likeness (QED) is 0.847. The summed E-state index contributed by atoms with van der Waals surface area (Å²) in [5.74, 6) is -0.241. The van der Waals surface area contributed by atoms with Crippen LogP contribution in [0, 0.1) is 0 Å². The lowest BCUT2D eigenvalue weighted by Gasteiger charge is -2.29. The van der Waals surface area contributed by atoms with Crippen LogP contribution in [-0.4, -0.2) is 28.1 Å². The topological polar surface area (TPSA) is 62.2 Å². The molecule has 0 aromatic carbocycles. The summed E-state index contributed by atoms with van der Waals surface area (Å²) < 4.78 is 0. The summed E-state index contributed by atoms with van der Waals surface area (Å²) in [5, 5.41) is 12.2. The minimum atomic E-state index is -0.418. The Morgan fingerprint density at radius 2 is 2.35 bits per heavy atom. The van der Waals surface area contributed by atoms with E-state index < -0.39 is 5.54 Å². The van der Waals surface area contributed by atoms with E-state index in [0.717, 1.165) is 6.42 Å². The van der Waals surface area contributed by atoms with Gasteiger partial charge in [-0.1, -0.05) is 18.5 Å². The highest BCUT2D eigenvalue weighted by atomic mass is 35.5. The first-order valence-corrected chi connectivity index (χ1v) is 5.93. The number of carbonyl (C=O) groups is 1. The molecule has 4 nitrogen and oxygen atoms in total. The van der Waals surface area contributed by atoms with Gasteiger partial charge in [-0.25, -0.2) is 0 Å². The van der Waals surface area contributed by atoms with Crippen molar-refractivity contribution in [2.75, 3.05) is 6.61 Å². The molecule has 0 unspecified atom stereocenters. The summed E-state index contributed by atoms with van der Waals surface area (Å²) in [7, 11) is 0. The van der Waals surface area contributed by atoms with E-state index in [-0.39, 0.29) is 12.5 Å². The minimum Gasteiger partial charge on any atom is -0.396 e. The third-order valence-corrected chi connectivity index (χ3v) is 3.18. The van der Waals surface area contributed by atoms with E-state index in [4.69, 9.17) is 16.7 Å². The number of rotatable bonds is 5. The lowest BCUT2D eigenvalue weighted by atomic mass is 9.94. The van der Waals surface area contributed by atoms with Gasteiger partial charge in [-0.15, -0.1) is 0 Å². The van der Waals surface area contributed by atoms with Gasteiger partial charge in [0.25, 0.3) is 5.91 Å². The highest BCUT2D eigenvalue weighted by Crippen LogP contribution is 2.18. The molecule has 0 radical (unpaired) electrons. The molecule has 5 heteroatoms. The van der Waals surface area contributed by atoms with Gasteiger partial charge in [0.15, 0.2) is 0 Å². The second-order valence-electron chi connectivity index (χ2n) is 4.20. The van der Waals surface area contributed by atoms with Crippen molar-refractivity contribution in [3.05, 3.63) is 29.0 Å². The third kappa shape index (κ3) is 3.68. The van der Waals surface area contributed by atoms with E-state index in [1.54, 1.807) is 6.07 Å². The second-order valence-corrected chi connectivity index (χ2v) is 4.60. The zero-order valence-electron chi connectivity index (χ0n) is 10.0. The molecule has 1 aromatic rings. The average molecular weight is 257 g/mol. The molecule has 0 aliphatic rings. The van der Waals surface area contributed by atoms with Crippen LogP contribution in [0.3, 0.4) is 0 Å². The Kier molecular flexibility index (Phi) is 4.90. The molecule has 1 heterocycles. The summed E-state index contributed by atoms with van der Waals surface area (Å²) in [5.41, 5.74) is -0.0161. The summed E-state index contributed by atoms with van der Waals surface area (Å²) in [4.78, 5) is 15.8. The number of aliphatic hydroxyl groups excluding tert-OH is 1. The SMILES string of the molecule is CC[C@](C)(CCO)NC(=O)c1ccncc1Cl. The number of pyridine rings is 1. The zero-order valence-corrected chi connectivity index (χ0v) is 10.8. The highest BCUT2D eigenvalue weighted by Gasteiger charge is 2.24. The van der Waals surface area contributed by atoms with Gasteiger partial charge in [-0.2, -0.15) is 0 Å². The predicted octanol–water partition coefficient (Wildman–Crippen LogP) is 2.02. The van der Waals surface area contributed by atoms with Gasteiger partial charge in [0.05, 0.1) is 10.6 Å². The molecule has 2 N–H and O–H groups in total.